The van der Waals surface area contributed by atoms with Crippen LogP contribution in [-0.4, -0.2) is 33.9 Å². The zero-order chi connectivity index (χ0) is 17.3. The molecule has 0 bridgehead atoms. The molecule has 1 atom stereocenters. The Morgan fingerprint density at radius 1 is 1.25 bits per heavy atom. The second-order valence-electron chi connectivity index (χ2n) is 6.85. The Morgan fingerprint density at radius 2 is 1.96 bits per heavy atom. The number of hydrogen-bond donors (Lipinski definition) is 0. The van der Waals surface area contributed by atoms with Crippen LogP contribution in [0.15, 0.2) is 22.7 Å². The summed E-state index contributed by atoms with van der Waals surface area (Å²) in [5.41, 5.74) is 3.15. The summed E-state index contributed by atoms with van der Waals surface area (Å²) in [7, 11) is 0. The van der Waals surface area contributed by atoms with Crippen molar-refractivity contribution in [1.29, 1.82) is 0 Å². The average Bonchev–Trinajstić information content (AvgIpc) is 3.00. The fourth-order valence-electron chi connectivity index (χ4n) is 3.50. The van der Waals surface area contributed by atoms with Gasteiger partial charge in [-0.3, -0.25) is 9.69 Å². The molecular formula is C19H25N3O2. The van der Waals surface area contributed by atoms with Crippen LogP contribution in [0.2, 0.25) is 0 Å². The van der Waals surface area contributed by atoms with E-state index in [1.807, 2.05) is 26.0 Å². The van der Waals surface area contributed by atoms with Crippen molar-refractivity contribution in [2.45, 2.75) is 46.6 Å². The number of Topliss-reactive ketones (excluding diaryl/α,β-unsaturated/α-hetero) is 1. The molecular weight excluding hydrogens is 302 g/mol. The van der Waals surface area contributed by atoms with Gasteiger partial charge in [0.05, 0.1) is 6.04 Å². The second-order valence-corrected chi connectivity index (χ2v) is 6.85. The number of carbonyl (C=O) groups is 1. The SMILES string of the molecule is Cc1ccc(C(=O)C2CCN(C(C)c3nc(C)no3)CC2)c(C)c1. The van der Waals surface area contributed by atoms with E-state index in [9.17, 15) is 4.79 Å². The van der Waals surface area contributed by atoms with E-state index in [0.717, 1.165) is 37.1 Å². The first kappa shape index (κ1) is 16.8. The molecule has 0 aliphatic carbocycles. The maximum absolute atomic E-state index is 12.8. The molecule has 1 aliphatic heterocycles. The van der Waals surface area contributed by atoms with Crippen molar-refractivity contribution >= 4 is 5.78 Å². The van der Waals surface area contributed by atoms with Crippen molar-refractivity contribution in [3.8, 4) is 0 Å². The van der Waals surface area contributed by atoms with Crippen LogP contribution < -0.4 is 0 Å². The number of ketones is 1. The van der Waals surface area contributed by atoms with Crippen molar-refractivity contribution in [3.05, 3.63) is 46.6 Å². The first-order chi connectivity index (χ1) is 11.5. The third kappa shape index (κ3) is 3.41. The highest BCUT2D eigenvalue weighted by molar-refractivity contribution is 5.99. The highest BCUT2D eigenvalue weighted by Gasteiger charge is 2.30. The van der Waals surface area contributed by atoms with Gasteiger partial charge in [0.2, 0.25) is 5.89 Å². The Kier molecular flexibility index (Phi) is 4.81. The van der Waals surface area contributed by atoms with E-state index in [1.54, 1.807) is 0 Å². The van der Waals surface area contributed by atoms with Gasteiger partial charge in [-0.25, -0.2) is 0 Å². The van der Waals surface area contributed by atoms with Crippen LogP contribution in [0.25, 0.3) is 0 Å². The van der Waals surface area contributed by atoms with Crippen molar-refractivity contribution < 1.29 is 9.32 Å². The molecule has 2 aromatic rings. The lowest BCUT2D eigenvalue weighted by molar-refractivity contribution is 0.0774. The minimum absolute atomic E-state index is 0.100. The van der Waals surface area contributed by atoms with Gasteiger partial charge in [-0.15, -0.1) is 0 Å². The van der Waals surface area contributed by atoms with Gasteiger partial charge in [-0.05, 0) is 59.2 Å². The Balaban J connectivity index is 1.63. The van der Waals surface area contributed by atoms with E-state index in [-0.39, 0.29) is 17.7 Å². The second kappa shape index (κ2) is 6.85. The van der Waals surface area contributed by atoms with E-state index in [1.165, 1.54) is 5.56 Å². The van der Waals surface area contributed by atoms with E-state index >= 15 is 0 Å². The number of carbonyl (C=O) groups excluding carboxylic acids is 1. The molecule has 1 unspecified atom stereocenters. The number of rotatable bonds is 4. The van der Waals surface area contributed by atoms with Crippen LogP contribution in [-0.2, 0) is 0 Å². The van der Waals surface area contributed by atoms with Crippen molar-refractivity contribution in [3.63, 3.8) is 0 Å². The highest BCUT2D eigenvalue weighted by atomic mass is 16.5. The maximum Gasteiger partial charge on any atom is 0.243 e. The number of benzene rings is 1. The summed E-state index contributed by atoms with van der Waals surface area (Å²) in [6, 6.07) is 6.18. The van der Waals surface area contributed by atoms with Crippen LogP contribution >= 0.6 is 0 Å². The molecule has 24 heavy (non-hydrogen) atoms. The Hall–Kier alpha value is -2.01. The summed E-state index contributed by atoms with van der Waals surface area (Å²) in [6.07, 6.45) is 1.76. The number of piperidine rings is 1. The maximum atomic E-state index is 12.8. The summed E-state index contributed by atoms with van der Waals surface area (Å²) >= 11 is 0. The number of aromatic nitrogens is 2. The van der Waals surface area contributed by atoms with Gasteiger partial charge in [-0.1, -0.05) is 28.9 Å². The molecule has 5 nitrogen and oxygen atoms in total. The van der Waals surface area contributed by atoms with Gasteiger partial charge in [0.1, 0.15) is 0 Å². The topological polar surface area (TPSA) is 59.2 Å². The fourth-order valence-corrected chi connectivity index (χ4v) is 3.50. The third-order valence-electron chi connectivity index (χ3n) is 5.00. The lowest BCUT2D eigenvalue weighted by Gasteiger charge is -2.34. The van der Waals surface area contributed by atoms with Gasteiger partial charge in [-0.2, -0.15) is 4.98 Å². The van der Waals surface area contributed by atoms with Gasteiger partial charge in [0.25, 0.3) is 0 Å². The zero-order valence-corrected chi connectivity index (χ0v) is 14.9. The molecule has 128 valence electrons. The first-order valence-corrected chi connectivity index (χ1v) is 8.61. The molecule has 1 saturated heterocycles. The normalized spacial score (nSPS) is 17.8. The third-order valence-corrected chi connectivity index (χ3v) is 5.00. The summed E-state index contributed by atoms with van der Waals surface area (Å²) in [6.45, 7) is 9.75. The Labute approximate surface area is 143 Å². The van der Waals surface area contributed by atoms with Crippen LogP contribution in [0.1, 0.15) is 59.0 Å². The molecule has 0 N–H and O–H groups in total. The number of likely N-dealkylation sites (tertiary alicyclic amines) is 1. The molecule has 1 aliphatic rings. The van der Waals surface area contributed by atoms with E-state index in [4.69, 9.17) is 4.52 Å². The van der Waals surface area contributed by atoms with Crippen LogP contribution in [0.5, 0.6) is 0 Å². The molecule has 0 radical (unpaired) electrons. The predicted molar refractivity (Wildman–Crippen MR) is 92.0 cm³/mol. The van der Waals surface area contributed by atoms with Crippen molar-refractivity contribution in [2.75, 3.05) is 13.1 Å². The number of nitrogens with zero attached hydrogens (tertiary/aromatic N) is 3. The van der Waals surface area contributed by atoms with Gasteiger partial charge >= 0.3 is 0 Å². The zero-order valence-electron chi connectivity index (χ0n) is 14.9. The van der Waals surface area contributed by atoms with Crippen LogP contribution in [0.3, 0.4) is 0 Å². The van der Waals surface area contributed by atoms with Gasteiger partial charge < -0.3 is 4.52 Å². The summed E-state index contributed by atoms with van der Waals surface area (Å²) in [5, 5.41) is 3.87. The molecule has 5 heteroatoms. The van der Waals surface area contributed by atoms with E-state index in [0.29, 0.717) is 11.7 Å². The fraction of sp³-hybridized carbons (Fsp3) is 0.526. The molecule has 0 amide bonds. The van der Waals surface area contributed by atoms with E-state index in [2.05, 4.69) is 35.0 Å². The quantitative estimate of drug-likeness (QED) is 0.802. The van der Waals surface area contributed by atoms with Gasteiger partial charge in [0, 0.05) is 11.5 Å². The molecule has 1 aromatic carbocycles. The number of aryl methyl sites for hydroxylation is 3. The Bertz CT molecular complexity index is 730. The molecule has 0 saturated carbocycles. The molecule has 3 rings (SSSR count). The monoisotopic (exact) mass is 327 g/mol. The lowest BCUT2D eigenvalue weighted by Crippen LogP contribution is -2.38. The molecule has 1 aromatic heterocycles. The largest absolute Gasteiger partial charge is 0.338 e. The molecule has 0 spiro atoms. The molecule has 1 fully saturated rings. The molecule has 2 heterocycles. The highest BCUT2D eigenvalue weighted by Crippen LogP contribution is 2.28. The number of hydrogen-bond acceptors (Lipinski definition) is 5. The smallest absolute Gasteiger partial charge is 0.243 e. The standard InChI is InChI=1S/C19H25N3O2/c1-12-5-6-17(13(2)11-12)18(23)16-7-9-22(10-8-16)14(3)19-20-15(4)21-24-19/h5-6,11,14,16H,7-10H2,1-4H3. The average molecular weight is 327 g/mol. The lowest BCUT2D eigenvalue weighted by atomic mass is 9.86. The van der Waals surface area contributed by atoms with E-state index < -0.39 is 0 Å². The minimum atomic E-state index is 0.100. The van der Waals surface area contributed by atoms with Gasteiger partial charge in [0.15, 0.2) is 11.6 Å². The van der Waals surface area contributed by atoms with Crippen LogP contribution in [0.4, 0.5) is 0 Å². The minimum Gasteiger partial charge on any atom is -0.338 e. The Morgan fingerprint density at radius 3 is 2.54 bits per heavy atom. The van der Waals surface area contributed by atoms with Crippen molar-refractivity contribution in [1.82, 2.24) is 15.0 Å². The summed E-state index contributed by atoms with van der Waals surface area (Å²) < 4.78 is 5.28. The summed E-state index contributed by atoms with van der Waals surface area (Å²) in [4.78, 5) is 19.5. The van der Waals surface area contributed by atoms with Crippen molar-refractivity contribution in [2.24, 2.45) is 5.92 Å². The predicted octanol–water partition coefficient (Wildman–Crippen LogP) is 3.65. The summed E-state index contributed by atoms with van der Waals surface area (Å²) in [5.74, 6) is 1.72. The first-order valence-electron chi connectivity index (χ1n) is 8.61. The van der Waals surface area contributed by atoms with Crippen LogP contribution in [0, 0.1) is 26.7 Å².